The van der Waals surface area contributed by atoms with E-state index in [0.29, 0.717) is 6.61 Å². The number of hydrogen-bond donors (Lipinski definition) is 1. The van der Waals surface area contributed by atoms with E-state index in [2.05, 4.69) is 16.8 Å². The molecule has 3 aromatic rings. The van der Waals surface area contributed by atoms with Crippen LogP contribution in [0.25, 0.3) is 5.69 Å². The second-order valence-electron chi connectivity index (χ2n) is 6.03. The summed E-state index contributed by atoms with van der Waals surface area (Å²) in [5.41, 5.74) is 5.52. The molecular weight excluding hydrogens is 300 g/mol. The number of aliphatic hydroxyl groups is 1. The van der Waals surface area contributed by atoms with Crippen molar-refractivity contribution in [1.29, 1.82) is 0 Å². The minimum absolute atomic E-state index is 0.0211. The molecule has 0 radical (unpaired) electrons. The average molecular weight is 320 g/mol. The van der Waals surface area contributed by atoms with Crippen molar-refractivity contribution >= 4 is 0 Å². The molecule has 0 atom stereocenters. The van der Waals surface area contributed by atoms with Crippen LogP contribution < -0.4 is 4.74 Å². The minimum Gasteiger partial charge on any atom is -0.487 e. The van der Waals surface area contributed by atoms with Crippen molar-refractivity contribution in [3.8, 4) is 11.4 Å². The third kappa shape index (κ3) is 2.69. The molecule has 1 aliphatic carbocycles. The molecule has 0 saturated carbocycles. The molecule has 4 heteroatoms. The van der Waals surface area contributed by atoms with Crippen LogP contribution in [-0.2, 0) is 26.1 Å². The Bertz CT molecular complexity index is 840. The van der Waals surface area contributed by atoms with Crippen molar-refractivity contribution in [2.45, 2.75) is 32.5 Å². The number of nitrogens with zero attached hydrogens (tertiary/aromatic N) is 2. The third-order valence-corrected chi connectivity index (χ3v) is 4.52. The summed E-state index contributed by atoms with van der Waals surface area (Å²) in [6, 6.07) is 17.8. The number of para-hydroxylation sites is 2. The van der Waals surface area contributed by atoms with E-state index in [1.807, 2.05) is 42.5 Å². The first-order chi connectivity index (χ1) is 11.9. The number of aliphatic hydroxyl groups excluding tert-OH is 1. The maximum atomic E-state index is 9.42. The number of fused-ring (bicyclic) bond motifs is 1. The first-order valence-corrected chi connectivity index (χ1v) is 8.33. The molecule has 1 aliphatic rings. The molecule has 0 amide bonds. The second kappa shape index (κ2) is 6.49. The van der Waals surface area contributed by atoms with E-state index in [1.165, 1.54) is 17.7 Å². The summed E-state index contributed by atoms with van der Waals surface area (Å²) in [6.45, 7) is 0.409. The van der Waals surface area contributed by atoms with Crippen LogP contribution in [0.5, 0.6) is 5.75 Å². The summed E-state index contributed by atoms with van der Waals surface area (Å²) in [6.07, 6.45) is 3.28. The average Bonchev–Trinajstić information content (AvgIpc) is 3.24. The van der Waals surface area contributed by atoms with Crippen LogP contribution in [0.1, 0.15) is 28.9 Å². The molecule has 0 bridgehead atoms. The molecule has 1 N–H and O–H groups in total. The van der Waals surface area contributed by atoms with Gasteiger partial charge in [0.1, 0.15) is 18.1 Å². The molecule has 24 heavy (non-hydrogen) atoms. The highest BCUT2D eigenvalue weighted by Gasteiger charge is 2.23. The van der Waals surface area contributed by atoms with Gasteiger partial charge in [0.25, 0.3) is 0 Å². The number of hydrogen-bond acceptors (Lipinski definition) is 3. The third-order valence-electron chi connectivity index (χ3n) is 4.52. The predicted octanol–water partition coefficient (Wildman–Crippen LogP) is 3.43. The van der Waals surface area contributed by atoms with Crippen LogP contribution >= 0.6 is 0 Å². The fourth-order valence-corrected chi connectivity index (χ4v) is 3.33. The van der Waals surface area contributed by atoms with Gasteiger partial charge in [0.15, 0.2) is 0 Å². The van der Waals surface area contributed by atoms with Crippen molar-refractivity contribution < 1.29 is 9.84 Å². The van der Waals surface area contributed by atoms with Gasteiger partial charge in [-0.05, 0) is 37.5 Å². The van der Waals surface area contributed by atoms with Gasteiger partial charge >= 0.3 is 0 Å². The Balaban J connectivity index is 1.63. The largest absolute Gasteiger partial charge is 0.487 e. The molecule has 0 fully saturated rings. The monoisotopic (exact) mass is 320 g/mol. The zero-order valence-electron chi connectivity index (χ0n) is 13.5. The summed E-state index contributed by atoms with van der Waals surface area (Å²) >= 11 is 0. The predicted molar refractivity (Wildman–Crippen MR) is 92.3 cm³/mol. The lowest BCUT2D eigenvalue weighted by molar-refractivity contribution is 0.257. The maximum Gasteiger partial charge on any atom is 0.132 e. The van der Waals surface area contributed by atoms with Gasteiger partial charge in [-0.2, -0.15) is 5.10 Å². The van der Waals surface area contributed by atoms with E-state index in [1.54, 1.807) is 0 Å². The van der Waals surface area contributed by atoms with Gasteiger partial charge in [-0.3, -0.25) is 0 Å². The van der Waals surface area contributed by atoms with Gasteiger partial charge in [-0.25, -0.2) is 4.68 Å². The van der Waals surface area contributed by atoms with Crippen molar-refractivity contribution in [2.75, 3.05) is 0 Å². The van der Waals surface area contributed by atoms with Crippen LogP contribution in [0.4, 0.5) is 0 Å². The van der Waals surface area contributed by atoms with E-state index < -0.39 is 0 Å². The van der Waals surface area contributed by atoms with Crippen LogP contribution in [0.2, 0.25) is 0 Å². The molecule has 0 saturated heterocycles. The standard InChI is InChI=1S/C20H20N2O2/c23-13-15-7-4-5-12-20(15)24-14-18-17-10-6-11-19(17)22(21-18)16-8-2-1-3-9-16/h1-5,7-9,12,23H,6,10-11,13-14H2. The van der Waals surface area contributed by atoms with E-state index in [0.717, 1.165) is 35.5 Å². The Kier molecular flexibility index (Phi) is 4.05. The number of ether oxygens (including phenoxy) is 1. The SMILES string of the molecule is OCc1ccccc1OCc1nn(-c2ccccc2)c2c1CCC2. The van der Waals surface area contributed by atoms with Crippen LogP contribution in [0, 0.1) is 0 Å². The van der Waals surface area contributed by atoms with Crippen LogP contribution in [0.15, 0.2) is 54.6 Å². The fraction of sp³-hybridized carbons (Fsp3) is 0.250. The lowest BCUT2D eigenvalue weighted by Gasteiger charge is -2.09. The highest BCUT2D eigenvalue weighted by Crippen LogP contribution is 2.29. The molecule has 0 unspecified atom stereocenters. The molecule has 122 valence electrons. The van der Waals surface area contributed by atoms with Crippen molar-refractivity contribution in [3.63, 3.8) is 0 Å². The van der Waals surface area contributed by atoms with Gasteiger partial charge in [0, 0.05) is 16.8 Å². The van der Waals surface area contributed by atoms with E-state index in [9.17, 15) is 5.11 Å². The molecule has 4 rings (SSSR count). The van der Waals surface area contributed by atoms with Gasteiger partial charge in [-0.1, -0.05) is 36.4 Å². The number of benzene rings is 2. The summed E-state index contributed by atoms with van der Waals surface area (Å²) < 4.78 is 8.01. The van der Waals surface area contributed by atoms with E-state index in [-0.39, 0.29) is 6.61 Å². The van der Waals surface area contributed by atoms with E-state index >= 15 is 0 Å². The summed E-state index contributed by atoms with van der Waals surface area (Å²) in [7, 11) is 0. The normalized spacial score (nSPS) is 13.0. The lowest BCUT2D eigenvalue weighted by atomic mass is 10.2. The molecule has 1 heterocycles. The Hall–Kier alpha value is -2.59. The fourth-order valence-electron chi connectivity index (χ4n) is 3.33. The molecule has 4 nitrogen and oxygen atoms in total. The molecular formula is C20H20N2O2. The smallest absolute Gasteiger partial charge is 0.132 e. The molecule has 0 aliphatic heterocycles. The lowest BCUT2D eigenvalue weighted by Crippen LogP contribution is -2.04. The number of rotatable bonds is 5. The van der Waals surface area contributed by atoms with Gasteiger partial charge in [0.05, 0.1) is 12.3 Å². The highest BCUT2D eigenvalue weighted by atomic mass is 16.5. The first-order valence-electron chi connectivity index (χ1n) is 8.33. The quantitative estimate of drug-likeness (QED) is 0.783. The molecule has 0 spiro atoms. The summed E-state index contributed by atoms with van der Waals surface area (Å²) in [4.78, 5) is 0. The zero-order valence-corrected chi connectivity index (χ0v) is 13.5. The molecule has 1 aromatic heterocycles. The number of aromatic nitrogens is 2. The van der Waals surface area contributed by atoms with E-state index in [4.69, 9.17) is 9.84 Å². The van der Waals surface area contributed by atoms with Crippen molar-refractivity contribution in [1.82, 2.24) is 9.78 Å². The van der Waals surface area contributed by atoms with Crippen LogP contribution in [0.3, 0.4) is 0 Å². The molecule has 2 aromatic carbocycles. The van der Waals surface area contributed by atoms with Gasteiger partial charge in [0.2, 0.25) is 0 Å². The Labute approximate surface area is 141 Å². The van der Waals surface area contributed by atoms with Crippen molar-refractivity contribution in [3.05, 3.63) is 77.1 Å². The van der Waals surface area contributed by atoms with Gasteiger partial charge in [-0.15, -0.1) is 0 Å². The maximum absolute atomic E-state index is 9.42. The first kappa shape index (κ1) is 15.0. The second-order valence-corrected chi connectivity index (χ2v) is 6.03. The Morgan fingerprint density at radius 2 is 1.79 bits per heavy atom. The Morgan fingerprint density at radius 3 is 2.62 bits per heavy atom. The summed E-state index contributed by atoms with van der Waals surface area (Å²) in [5.74, 6) is 0.723. The Morgan fingerprint density at radius 1 is 1.00 bits per heavy atom. The zero-order chi connectivity index (χ0) is 16.4. The van der Waals surface area contributed by atoms with Gasteiger partial charge < -0.3 is 9.84 Å². The van der Waals surface area contributed by atoms with Crippen molar-refractivity contribution in [2.24, 2.45) is 0 Å². The highest BCUT2D eigenvalue weighted by molar-refractivity contribution is 5.40. The summed E-state index contributed by atoms with van der Waals surface area (Å²) in [5, 5.41) is 14.2. The minimum atomic E-state index is -0.0211. The topological polar surface area (TPSA) is 47.3 Å². The van der Waals surface area contributed by atoms with Crippen LogP contribution in [-0.4, -0.2) is 14.9 Å².